The van der Waals surface area contributed by atoms with Crippen LogP contribution in [0.3, 0.4) is 0 Å². The Balaban J connectivity index is 1.33. The summed E-state index contributed by atoms with van der Waals surface area (Å²) < 4.78 is 0. The monoisotopic (exact) mass is 417 g/mol. The summed E-state index contributed by atoms with van der Waals surface area (Å²) in [4.78, 5) is 28.1. The van der Waals surface area contributed by atoms with Crippen LogP contribution >= 0.6 is 0 Å². The van der Waals surface area contributed by atoms with Crippen molar-refractivity contribution in [3.05, 3.63) is 65.7 Å². The minimum atomic E-state index is -0.370. The molecular formula is C26H31N3O2. The molecule has 3 aliphatic rings. The van der Waals surface area contributed by atoms with Crippen molar-refractivity contribution in [2.75, 3.05) is 31.5 Å². The molecule has 3 atom stereocenters. The molecule has 0 aromatic heterocycles. The second-order valence-electron chi connectivity index (χ2n) is 9.45. The van der Waals surface area contributed by atoms with Gasteiger partial charge in [0.1, 0.15) is 0 Å². The van der Waals surface area contributed by atoms with Crippen LogP contribution in [0.15, 0.2) is 54.6 Å². The summed E-state index contributed by atoms with van der Waals surface area (Å²) in [6.45, 7) is 3.56. The van der Waals surface area contributed by atoms with Gasteiger partial charge in [0.25, 0.3) is 0 Å². The number of fused-ring (bicyclic) bond motifs is 1. The van der Waals surface area contributed by atoms with Crippen molar-refractivity contribution in [1.29, 1.82) is 0 Å². The Morgan fingerprint density at radius 2 is 1.68 bits per heavy atom. The van der Waals surface area contributed by atoms with E-state index in [0.717, 1.165) is 43.9 Å². The molecule has 2 N–H and O–H groups in total. The summed E-state index contributed by atoms with van der Waals surface area (Å²) in [5.41, 5.74) is 3.10. The summed E-state index contributed by atoms with van der Waals surface area (Å²) in [5, 5.41) is 6.48. The quantitative estimate of drug-likeness (QED) is 0.726. The lowest BCUT2D eigenvalue weighted by Gasteiger charge is -2.33. The first kappa shape index (κ1) is 20.3. The molecule has 5 nitrogen and oxygen atoms in total. The normalized spacial score (nSPS) is 25.0. The molecule has 2 heterocycles. The molecule has 31 heavy (non-hydrogen) atoms. The van der Waals surface area contributed by atoms with Crippen molar-refractivity contribution in [2.45, 2.75) is 31.6 Å². The van der Waals surface area contributed by atoms with Gasteiger partial charge in [-0.3, -0.25) is 9.59 Å². The Labute approximate surface area is 184 Å². The predicted molar refractivity (Wildman–Crippen MR) is 122 cm³/mol. The first-order valence-electron chi connectivity index (χ1n) is 11.6. The van der Waals surface area contributed by atoms with Crippen LogP contribution in [0.1, 0.15) is 36.3 Å². The fourth-order valence-corrected chi connectivity index (χ4v) is 5.16. The molecule has 0 spiro atoms. The van der Waals surface area contributed by atoms with Gasteiger partial charge in [0, 0.05) is 25.2 Å². The van der Waals surface area contributed by atoms with E-state index in [1.54, 1.807) is 0 Å². The Hall–Kier alpha value is -2.66. The number of anilines is 1. The van der Waals surface area contributed by atoms with Gasteiger partial charge in [0.05, 0.1) is 5.92 Å². The van der Waals surface area contributed by atoms with Crippen LogP contribution < -0.4 is 10.6 Å². The molecule has 0 bridgehead atoms. The second kappa shape index (κ2) is 8.83. The summed E-state index contributed by atoms with van der Waals surface area (Å²) >= 11 is 0. The van der Waals surface area contributed by atoms with Gasteiger partial charge in [0.2, 0.25) is 11.8 Å². The molecule has 1 saturated heterocycles. The van der Waals surface area contributed by atoms with Crippen LogP contribution in [0.5, 0.6) is 0 Å². The minimum absolute atomic E-state index is 0.0621. The molecule has 2 aromatic rings. The van der Waals surface area contributed by atoms with E-state index in [1.165, 1.54) is 18.4 Å². The van der Waals surface area contributed by atoms with E-state index in [9.17, 15) is 9.59 Å². The zero-order valence-electron chi connectivity index (χ0n) is 17.9. The number of benzene rings is 2. The third kappa shape index (κ3) is 4.67. The maximum atomic E-state index is 13.7. The van der Waals surface area contributed by atoms with Gasteiger partial charge in [-0.1, -0.05) is 48.5 Å². The number of carbonyl (C=O) groups is 2. The van der Waals surface area contributed by atoms with E-state index in [0.29, 0.717) is 17.8 Å². The number of para-hydroxylation sites is 1. The predicted octanol–water partition coefficient (Wildman–Crippen LogP) is 3.43. The summed E-state index contributed by atoms with van der Waals surface area (Å²) in [5.74, 6) is 1.28. The molecule has 1 saturated carbocycles. The zero-order valence-corrected chi connectivity index (χ0v) is 17.9. The molecule has 0 radical (unpaired) electrons. The number of rotatable bonds is 7. The number of nitrogens with zero attached hydrogens (tertiary/aromatic N) is 1. The highest BCUT2D eigenvalue weighted by Crippen LogP contribution is 2.36. The van der Waals surface area contributed by atoms with E-state index in [2.05, 4.69) is 45.9 Å². The summed E-state index contributed by atoms with van der Waals surface area (Å²) in [6.07, 6.45) is 3.70. The van der Waals surface area contributed by atoms with E-state index < -0.39 is 0 Å². The van der Waals surface area contributed by atoms with E-state index >= 15 is 0 Å². The van der Waals surface area contributed by atoms with Crippen LogP contribution in [0.25, 0.3) is 0 Å². The topological polar surface area (TPSA) is 61.4 Å². The van der Waals surface area contributed by atoms with E-state index in [-0.39, 0.29) is 24.2 Å². The first-order chi connectivity index (χ1) is 15.2. The smallest absolute Gasteiger partial charge is 0.230 e. The highest BCUT2D eigenvalue weighted by molar-refractivity contribution is 6.01. The Bertz CT molecular complexity index is 941. The maximum Gasteiger partial charge on any atom is 0.230 e. The lowest BCUT2D eigenvalue weighted by Crippen LogP contribution is -2.43. The molecule has 2 fully saturated rings. The number of amides is 2. The van der Waals surface area contributed by atoms with Gasteiger partial charge in [-0.05, 0) is 67.3 Å². The molecule has 1 unspecified atom stereocenters. The van der Waals surface area contributed by atoms with Crippen LogP contribution in [0.2, 0.25) is 0 Å². The Morgan fingerprint density at radius 1 is 0.935 bits per heavy atom. The number of hydrogen-bond donors (Lipinski definition) is 2. The van der Waals surface area contributed by atoms with Crippen molar-refractivity contribution in [3.63, 3.8) is 0 Å². The molecule has 1 aliphatic carbocycles. The standard InChI is InChI=1S/C26H31N3O2/c30-25-13-23(22-8-4-5-9-24(22)28-25)26(31)29(16-19-10-11-19)17-21-15-27-14-20(21)12-18-6-2-1-3-7-18/h1-9,19-21,23,27H,10-17H2,(H,28,30)/t20-,21+,23?/m1/s1. The average Bonchev–Trinajstić information content (AvgIpc) is 3.51. The van der Waals surface area contributed by atoms with Gasteiger partial charge in [-0.2, -0.15) is 0 Å². The van der Waals surface area contributed by atoms with E-state index in [4.69, 9.17) is 0 Å². The Morgan fingerprint density at radius 3 is 2.48 bits per heavy atom. The Kier molecular flexibility index (Phi) is 5.77. The highest BCUT2D eigenvalue weighted by Gasteiger charge is 2.38. The SMILES string of the molecule is O=C1CC(C(=O)N(CC2CC2)C[C@@H]2CNC[C@H]2Cc2ccccc2)c2ccccc2N1. The summed E-state index contributed by atoms with van der Waals surface area (Å²) in [6, 6.07) is 18.4. The second-order valence-corrected chi connectivity index (χ2v) is 9.45. The molecule has 2 amide bonds. The van der Waals surface area contributed by atoms with Gasteiger partial charge in [-0.25, -0.2) is 0 Å². The van der Waals surface area contributed by atoms with Crippen molar-refractivity contribution < 1.29 is 9.59 Å². The zero-order chi connectivity index (χ0) is 21.2. The third-order valence-electron chi connectivity index (χ3n) is 7.06. The largest absolute Gasteiger partial charge is 0.342 e. The van der Waals surface area contributed by atoms with Crippen LogP contribution in [0, 0.1) is 17.8 Å². The molecule has 162 valence electrons. The average molecular weight is 418 g/mol. The molecule has 2 aromatic carbocycles. The molecule has 5 rings (SSSR count). The lowest BCUT2D eigenvalue weighted by molar-refractivity contribution is -0.135. The van der Waals surface area contributed by atoms with Crippen LogP contribution in [0.4, 0.5) is 5.69 Å². The first-order valence-corrected chi connectivity index (χ1v) is 11.6. The maximum absolute atomic E-state index is 13.7. The third-order valence-corrected chi connectivity index (χ3v) is 7.06. The lowest BCUT2D eigenvalue weighted by atomic mass is 9.87. The van der Waals surface area contributed by atoms with Gasteiger partial charge >= 0.3 is 0 Å². The fraction of sp³-hybridized carbons (Fsp3) is 0.462. The van der Waals surface area contributed by atoms with Crippen molar-refractivity contribution in [3.8, 4) is 0 Å². The van der Waals surface area contributed by atoms with Crippen LogP contribution in [-0.4, -0.2) is 42.9 Å². The van der Waals surface area contributed by atoms with Crippen LogP contribution in [-0.2, 0) is 16.0 Å². The molecule has 2 aliphatic heterocycles. The number of nitrogens with one attached hydrogen (secondary N) is 2. The fourth-order valence-electron chi connectivity index (χ4n) is 5.16. The molecular weight excluding hydrogens is 386 g/mol. The van der Waals surface area contributed by atoms with Crippen molar-refractivity contribution in [1.82, 2.24) is 10.2 Å². The van der Waals surface area contributed by atoms with Crippen molar-refractivity contribution >= 4 is 17.5 Å². The minimum Gasteiger partial charge on any atom is -0.342 e. The van der Waals surface area contributed by atoms with Gasteiger partial charge < -0.3 is 15.5 Å². The number of hydrogen-bond acceptors (Lipinski definition) is 3. The van der Waals surface area contributed by atoms with Gasteiger partial charge in [0.15, 0.2) is 0 Å². The van der Waals surface area contributed by atoms with Gasteiger partial charge in [-0.15, -0.1) is 0 Å². The number of carbonyl (C=O) groups excluding carboxylic acids is 2. The van der Waals surface area contributed by atoms with E-state index in [1.807, 2.05) is 24.3 Å². The summed E-state index contributed by atoms with van der Waals surface area (Å²) in [7, 11) is 0. The highest BCUT2D eigenvalue weighted by atomic mass is 16.2. The molecule has 5 heteroatoms. The van der Waals surface area contributed by atoms with Crippen molar-refractivity contribution in [2.24, 2.45) is 17.8 Å².